The molecule has 1 aliphatic rings. The first-order chi connectivity index (χ1) is 19.7. The lowest BCUT2D eigenvalue weighted by atomic mass is 10.0. The van der Waals surface area contributed by atoms with Crippen molar-refractivity contribution in [2.45, 2.75) is 20.4 Å². The molecule has 2 N–H and O–H groups in total. The number of aromatic nitrogens is 4. The SMILES string of the molecule is CC.O=C(Nc1ccc(CN2CCOCC2)nc1)c1n[nH]c2ccc(-c3cncc(Oc4ccccc4)c3)cc12. The molecule has 40 heavy (non-hydrogen) atoms. The molecule has 1 aliphatic heterocycles. The van der Waals surface area contributed by atoms with Crippen molar-refractivity contribution in [3.63, 3.8) is 0 Å². The van der Waals surface area contributed by atoms with Gasteiger partial charge in [-0.15, -0.1) is 0 Å². The fraction of sp³-hybridized carbons (Fsp3) is 0.226. The Morgan fingerprint density at radius 1 is 0.950 bits per heavy atom. The van der Waals surface area contributed by atoms with Crippen LogP contribution in [0, 0.1) is 0 Å². The third-order valence-corrected chi connectivity index (χ3v) is 6.38. The quantitative estimate of drug-likeness (QED) is 0.266. The van der Waals surface area contributed by atoms with E-state index < -0.39 is 0 Å². The van der Waals surface area contributed by atoms with E-state index in [1.54, 1.807) is 18.6 Å². The van der Waals surface area contributed by atoms with Crippen molar-refractivity contribution >= 4 is 22.5 Å². The molecule has 9 heteroatoms. The van der Waals surface area contributed by atoms with E-state index in [4.69, 9.17) is 9.47 Å². The van der Waals surface area contributed by atoms with Crippen LogP contribution in [0.4, 0.5) is 5.69 Å². The van der Waals surface area contributed by atoms with Gasteiger partial charge in [0.15, 0.2) is 5.69 Å². The van der Waals surface area contributed by atoms with Crippen molar-refractivity contribution in [3.8, 4) is 22.6 Å². The summed E-state index contributed by atoms with van der Waals surface area (Å²) in [6.07, 6.45) is 5.12. The molecule has 4 heterocycles. The number of nitrogens with one attached hydrogen (secondary N) is 2. The van der Waals surface area contributed by atoms with Gasteiger partial charge in [0.2, 0.25) is 0 Å². The largest absolute Gasteiger partial charge is 0.456 e. The molecule has 204 valence electrons. The number of para-hydroxylation sites is 1. The molecule has 5 aromatic rings. The average Bonchev–Trinajstić information content (AvgIpc) is 3.44. The number of amides is 1. The number of benzene rings is 2. The van der Waals surface area contributed by atoms with Gasteiger partial charge in [-0.25, -0.2) is 0 Å². The van der Waals surface area contributed by atoms with E-state index in [2.05, 4.69) is 30.4 Å². The Labute approximate surface area is 233 Å². The zero-order valence-electron chi connectivity index (χ0n) is 22.6. The van der Waals surface area contributed by atoms with Crippen LogP contribution in [0.1, 0.15) is 30.0 Å². The van der Waals surface area contributed by atoms with Gasteiger partial charge in [-0.1, -0.05) is 38.1 Å². The normalized spacial score (nSPS) is 13.3. The van der Waals surface area contributed by atoms with Gasteiger partial charge in [0.25, 0.3) is 5.91 Å². The molecule has 0 saturated carbocycles. The average molecular weight is 537 g/mol. The summed E-state index contributed by atoms with van der Waals surface area (Å²) in [5, 5.41) is 10.9. The van der Waals surface area contributed by atoms with E-state index in [0.29, 0.717) is 22.5 Å². The highest BCUT2D eigenvalue weighted by atomic mass is 16.5. The second-order valence-corrected chi connectivity index (χ2v) is 9.04. The molecule has 1 fully saturated rings. The number of ether oxygens (including phenoxy) is 2. The Morgan fingerprint density at radius 3 is 2.55 bits per heavy atom. The molecule has 0 aliphatic carbocycles. The van der Waals surface area contributed by atoms with E-state index in [1.807, 2.05) is 80.6 Å². The lowest BCUT2D eigenvalue weighted by molar-refractivity contribution is 0.0336. The Hall–Kier alpha value is -4.60. The number of anilines is 1. The second-order valence-electron chi connectivity index (χ2n) is 9.04. The maximum absolute atomic E-state index is 13.1. The van der Waals surface area contributed by atoms with Crippen molar-refractivity contribution in [1.29, 1.82) is 0 Å². The van der Waals surface area contributed by atoms with Gasteiger partial charge in [0, 0.05) is 36.8 Å². The summed E-state index contributed by atoms with van der Waals surface area (Å²) in [4.78, 5) is 24.3. The third kappa shape index (κ3) is 6.51. The van der Waals surface area contributed by atoms with E-state index in [9.17, 15) is 4.79 Å². The Kier molecular flexibility index (Phi) is 8.75. The van der Waals surface area contributed by atoms with Crippen LogP contribution in [0.25, 0.3) is 22.0 Å². The summed E-state index contributed by atoms with van der Waals surface area (Å²) in [6, 6.07) is 21.1. The molecule has 1 saturated heterocycles. The number of hydrogen-bond donors (Lipinski definition) is 2. The molecule has 0 bridgehead atoms. The van der Waals surface area contributed by atoms with Crippen molar-refractivity contribution < 1.29 is 14.3 Å². The summed E-state index contributed by atoms with van der Waals surface area (Å²) >= 11 is 0. The highest BCUT2D eigenvalue weighted by molar-refractivity contribution is 6.11. The number of H-pyrrole nitrogens is 1. The fourth-order valence-corrected chi connectivity index (χ4v) is 4.39. The smallest absolute Gasteiger partial charge is 0.276 e. The van der Waals surface area contributed by atoms with Crippen LogP contribution in [0.15, 0.2) is 85.3 Å². The minimum Gasteiger partial charge on any atom is -0.456 e. The molecule has 0 atom stereocenters. The first-order valence-electron chi connectivity index (χ1n) is 13.4. The number of hydrogen-bond acceptors (Lipinski definition) is 7. The monoisotopic (exact) mass is 536 g/mol. The molecule has 9 nitrogen and oxygen atoms in total. The lowest BCUT2D eigenvalue weighted by Gasteiger charge is -2.26. The molecule has 0 unspecified atom stereocenters. The number of pyridine rings is 2. The molecular formula is C31H32N6O3. The Morgan fingerprint density at radius 2 is 1.77 bits per heavy atom. The summed E-state index contributed by atoms with van der Waals surface area (Å²) in [5.74, 6) is 1.05. The van der Waals surface area contributed by atoms with Crippen molar-refractivity contribution in [1.82, 2.24) is 25.1 Å². The van der Waals surface area contributed by atoms with Crippen molar-refractivity contribution in [2.24, 2.45) is 0 Å². The Balaban J connectivity index is 0.00000158. The van der Waals surface area contributed by atoms with E-state index in [1.165, 1.54) is 0 Å². The number of morpholine rings is 1. The highest BCUT2D eigenvalue weighted by Gasteiger charge is 2.16. The highest BCUT2D eigenvalue weighted by Crippen LogP contribution is 2.29. The van der Waals surface area contributed by atoms with Gasteiger partial charge >= 0.3 is 0 Å². The first kappa shape index (κ1) is 27.0. The van der Waals surface area contributed by atoms with Crippen LogP contribution in [-0.4, -0.2) is 57.3 Å². The fourth-order valence-electron chi connectivity index (χ4n) is 4.39. The van der Waals surface area contributed by atoms with Crippen LogP contribution < -0.4 is 10.1 Å². The summed E-state index contributed by atoms with van der Waals surface area (Å²) in [5.41, 5.74) is 4.40. The zero-order chi connectivity index (χ0) is 27.7. The van der Waals surface area contributed by atoms with Crippen LogP contribution in [-0.2, 0) is 11.3 Å². The van der Waals surface area contributed by atoms with Crippen LogP contribution in [0.5, 0.6) is 11.5 Å². The van der Waals surface area contributed by atoms with Gasteiger partial charge in [-0.05, 0) is 48.0 Å². The second kappa shape index (κ2) is 13.0. The maximum atomic E-state index is 13.1. The summed E-state index contributed by atoms with van der Waals surface area (Å²) in [6.45, 7) is 8.05. The number of rotatable bonds is 7. The van der Waals surface area contributed by atoms with Crippen LogP contribution in [0.2, 0.25) is 0 Å². The predicted octanol–water partition coefficient (Wildman–Crippen LogP) is 5.92. The van der Waals surface area contributed by atoms with E-state index >= 15 is 0 Å². The standard InChI is InChI=1S/C29H26N6O3.C2H6/c36-29(32-22-7-8-23(31-17-22)19-35-10-12-37-13-11-35)28-26-15-20(6-9-27(26)33-34-28)21-14-25(18-30-16-21)38-24-4-2-1-3-5-24;1-2/h1-9,14-18H,10-13,19H2,(H,32,36)(H,33,34);1-2H3. The van der Waals surface area contributed by atoms with Crippen LogP contribution >= 0.6 is 0 Å². The predicted molar refractivity (Wildman–Crippen MR) is 155 cm³/mol. The number of nitrogens with zero attached hydrogens (tertiary/aromatic N) is 4. The molecule has 3 aromatic heterocycles. The molecule has 2 aromatic carbocycles. The molecule has 6 rings (SSSR count). The minimum atomic E-state index is -0.310. The van der Waals surface area contributed by atoms with Gasteiger partial charge in [-0.3, -0.25) is 24.8 Å². The molecule has 0 radical (unpaired) electrons. The minimum absolute atomic E-state index is 0.309. The van der Waals surface area contributed by atoms with Crippen LogP contribution in [0.3, 0.4) is 0 Å². The van der Waals surface area contributed by atoms with E-state index in [-0.39, 0.29) is 5.91 Å². The molecular weight excluding hydrogens is 504 g/mol. The Bertz CT molecular complexity index is 1550. The van der Waals surface area contributed by atoms with E-state index in [0.717, 1.165) is 60.9 Å². The molecule has 1 amide bonds. The van der Waals surface area contributed by atoms with Crippen molar-refractivity contribution in [3.05, 3.63) is 96.7 Å². The first-order valence-corrected chi connectivity index (χ1v) is 13.4. The van der Waals surface area contributed by atoms with Gasteiger partial charge in [0.05, 0.1) is 42.5 Å². The van der Waals surface area contributed by atoms with Gasteiger partial charge in [0.1, 0.15) is 11.5 Å². The van der Waals surface area contributed by atoms with Crippen molar-refractivity contribution in [2.75, 3.05) is 31.6 Å². The summed E-state index contributed by atoms with van der Waals surface area (Å²) in [7, 11) is 0. The summed E-state index contributed by atoms with van der Waals surface area (Å²) < 4.78 is 11.3. The van der Waals surface area contributed by atoms with Gasteiger partial charge < -0.3 is 14.8 Å². The van der Waals surface area contributed by atoms with Gasteiger partial charge in [-0.2, -0.15) is 5.10 Å². The maximum Gasteiger partial charge on any atom is 0.276 e. The topological polar surface area (TPSA) is 105 Å². The zero-order valence-corrected chi connectivity index (χ0v) is 22.6. The number of carbonyl (C=O) groups is 1. The molecule has 0 spiro atoms. The third-order valence-electron chi connectivity index (χ3n) is 6.38. The number of fused-ring (bicyclic) bond motifs is 1. The number of aromatic amines is 1. The number of carbonyl (C=O) groups excluding carboxylic acids is 1. The lowest BCUT2D eigenvalue weighted by Crippen LogP contribution is -2.35.